The normalized spacial score (nSPS) is 10.7. The van der Waals surface area contributed by atoms with Crippen LogP contribution < -0.4 is 16.0 Å². The Hall–Kier alpha value is -4.70. The van der Waals surface area contributed by atoms with Crippen molar-refractivity contribution in [3.63, 3.8) is 0 Å². The molecular formula is C24H17N5O4S. The van der Waals surface area contributed by atoms with Crippen molar-refractivity contribution in [2.45, 2.75) is 0 Å². The number of rotatable bonds is 6. The first kappa shape index (κ1) is 21.2. The van der Waals surface area contributed by atoms with Gasteiger partial charge in [-0.15, -0.1) is 11.3 Å². The second-order valence-electron chi connectivity index (χ2n) is 7.14. The number of thiophene rings is 1. The third-order valence-electron chi connectivity index (χ3n) is 4.94. The number of hydrogen-bond acceptors (Lipinski definition) is 6. The average molecular weight is 471 g/mol. The lowest BCUT2D eigenvalue weighted by atomic mass is 10.1. The SMILES string of the molecule is O=C(Nc1c(NC(=O)c2cccs2)[nH]c2cccc(NC(=O)c3ccco3)c12)c1ccccn1. The number of carbonyl (C=O) groups is 3. The van der Waals surface area contributed by atoms with Gasteiger partial charge in [0.1, 0.15) is 11.5 Å². The molecule has 0 saturated carbocycles. The third-order valence-corrected chi connectivity index (χ3v) is 5.81. The topological polar surface area (TPSA) is 129 Å². The van der Waals surface area contributed by atoms with Gasteiger partial charge in [-0.3, -0.25) is 19.4 Å². The van der Waals surface area contributed by atoms with Gasteiger partial charge in [-0.2, -0.15) is 0 Å². The van der Waals surface area contributed by atoms with Gasteiger partial charge in [-0.1, -0.05) is 18.2 Å². The van der Waals surface area contributed by atoms with Crippen LogP contribution in [0.2, 0.25) is 0 Å². The van der Waals surface area contributed by atoms with Crippen LogP contribution in [-0.2, 0) is 0 Å². The van der Waals surface area contributed by atoms with Gasteiger partial charge in [-0.25, -0.2) is 0 Å². The molecule has 34 heavy (non-hydrogen) atoms. The van der Waals surface area contributed by atoms with Gasteiger partial charge in [0.2, 0.25) is 0 Å². The zero-order valence-corrected chi connectivity index (χ0v) is 18.3. The molecule has 4 N–H and O–H groups in total. The summed E-state index contributed by atoms with van der Waals surface area (Å²) in [7, 11) is 0. The lowest BCUT2D eigenvalue weighted by Gasteiger charge is -2.10. The number of anilines is 3. The molecular weight excluding hydrogens is 454 g/mol. The van der Waals surface area contributed by atoms with Crippen LogP contribution in [0.4, 0.5) is 17.2 Å². The van der Waals surface area contributed by atoms with Crippen LogP contribution in [0.5, 0.6) is 0 Å². The molecule has 4 aromatic heterocycles. The molecule has 0 unspecified atom stereocenters. The molecule has 0 spiro atoms. The number of aromatic nitrogens is 2. The highest BCUT2D eigenvalue weighted by Gasteiger charge is 2.22. The molecule has 0 fully saturated rings. The average Bonchev–Trinajstić information content (AvgIpc) is 3.62. The minimum Gasteiger partial charge on any atom is -0.459 e. The van der Waals surface area contributed by atoms with E-state index in [1.54, 1.807) is 66.0 Å². The van der Waals surface area contributed by atoms with E-state index in [0.717, 1.165) is 0 Å². The molecule has 5 aromatic rings. The van der Waals surface area contributed by atoms with Crippen molar-refractivity contribution in [1.82, 2.24) is 9.97 Å². The predicted octanol–water partition coefficient (Wildman–Crippen LogP) is 4.97. The highest BCUT2D eigenvalue weighted by molar-refractivity contribution is 7.12. The fourth-order valence-electron chi connectivity index (χ4n) is 3.42. The molecule has 0 bridgehead atoms. The zero-order chi connectivity index (χ0) is 23.5. The van der Waals surface area contributed by atoms with Crippen LogP contribution in [0.3, 0.4) is 0 Å². The number of pyridine rings is 1. The quantitative estimate of drug-likeness (QED) is 0.278. The van der Waals surface area contributed by atoms with Crippen LogP contribution in [-0.4, -0.2) is 27.7 Å². The van der Waals surface area contributed by atoms with Gasteiger partial charge in [-0.05, 0) is 47.8 Å². The summed E-state index contributed by atoms with van der Waals surface area (Å²) < 4.78 is 5.18. The van der Waals surface area contributed by atoms with Crippen LogP contribution in [0, 0.1) is 0 Å². The number of benzene rings is 1. The number of furan rings is 1. The maximum atomic E-state index is 12.9. The summed E-state index contributed by atoms with van der Waals surface area (Å²) in [4.78, 5) is 46.0. The molecule has 0 aliphatic carbocycles. The summed E-state index contributed by atoms with van der Waals surface area (Å²) in [6.45, 7) is 0. The third kappa shape index (κ3) is 4.17. The summed E-state index contributed by atoms with van der Waals surface area (Å²) in [5, 5.41) is 10.8. The lowest BCUT2D eigenvalue weighted by Crippen LogP contribution is -2.17. The Kier molecular flexibility index (Phi) is 5.63. The first-order chi connectivity index (χ1) is 16.6. The summed E-state index contributed by atoms with van der Waals surface area (Å²) >= 11 is 1.29. The largest absolute Gasteiger partial charge is 0.459 e. The minimum absolute atomic E-state index is 0.137. The van der Waals surface area contributed by atoms with E-state index in [1.165, 1.54) is 23.8 Å². The van der Waals surface area contributed by atoms with Crippen molar-refractivity contribution < 1.29 is 18.8 Å². The van der Waals surface area contributed by atoms with Crippen molar-refractivity contribution in [1.29, 1.82) is 0 Å². The van der Waals surface area contributed by atoms with Crippen molar-refractivity contribution in [3.8, 4) is 0 Å². The second kappa shape index (κ2) is 9.04. The highest BCUT2D eigenvalue weighted by atomic mass is 32.1. The smallest absolute Gasteiger partial charge is 0.291 e. The van der Waals surface area contributed by atoms with Gasteiger partial charge in [0.05, 0.1) is 28.0 Å². The number of H-pyrrole nitrogens is 1. The summed E-state index contributed by atoms with van der Waals surface area (Å²) in [5.74, 6) is -0.851. The number of amides is 3. The molecule has 5 rings (SSSR count). The van der Waals surface area contributed by atoms with E-state index in [4.69, 9.17) is 4.42 Å². The number of hydrogen-bond donors (Lipinski definition) is 4. The van der Waals surface area contributed by atoms with Crippen LogP contribution >= 0.6 is 11.3 Å². The second-order valence-corrected chi connectivity index (χ2v) is 8.08. The van der Waals surface area contributed by atoms with Gasteiger partial charge in [0, 0.05) is 11.6 Å². The van der Waals surface area contributed by atoms with E-state index < -0.39 is 11.8 Å². The molecule has 0 aliphatic heterocycles. The maximum Gasteiger partial charge on any atom is 0.291 e. The summed E-state index contributed by atoms with van der Waals surface area (Å²) in [6, 6.07) is 16.8. The van der Waals surface area contributed by atoms with Crippen LogP contribution in [0.1, 0.15) is 30.7 Å². The standard InChI is InChI=1S/C24H17N5O4S/c30-22(16-6-1-2-11-25-16)28-20-19-14(26-21(20)29-24(32)18-10-5-13-34-18)7-3-8-15(19)27-23(31)17-9-4-12-33-17/h1-13,26H,(H,27,31)(H,28,30)(H,29,32). The summed E-state index contributed by atoms with van der Waals surface area (Å²) in [5.41, 5.74) is 1.51. The van der Waals surface area contributed by atoms with E-state index in [-0.39, 0.29) is 23.2 Å². The number of aromatic amines is 1. The van der Waals surface area contributed by atoms with Crippen LogP contribution in [0.15, 0.2) is 82.9 Å². The molecule has 0 aliphatic rings. The number of nitrogens with zero attached hydrogens (tertiary/aromatic N) is 1. The zero-order valence-electron chi connectivity index (χ0n) is 17.5. The van der Waals surface area contributed by atoms with E-state index in [9.17, 15) is 14.4 Å². The van der Waals surface area contributed by atoms with E-state index in [0.29, 0.717) is 27.2 Å². The Balaban J connectivity index is 1.57. The molecule has 3 amide bonds. The van der Waals surface area contributed by atoms with Gasteiger partial charge in [0.15, 0.2) is 5.76 Å². The van der Waals surface area contributed by atoms with Gasteiger partial charge >= 0.3 is 0 Å². The first-order valence-electron chi connectivity index (χ1n) is 10.2. The van der Waals surface area contributed by atoms with Crippen molar-refractivity contribution in [2.75, 3.05) is 16.0 Å². The Morgan fingerprint density at radius 2 is 1.76 bits per heavy atom. The van der Waals surface area contributed by atoms with E-state index in [2.05, 4.69) is 25.9 Å². The molecule has 10 heteroatoms. The molecule has 0 atom stereocenters. The Bertz CT molecular complexity index is 1470. The van der Waals surface area contributed by atoms with E-state index >= 15 is 0 Å². The highest BCUT2D eigenvalue weighted by Crippen LogP contribution is 2.37. The number of carbonyl (C=O) groups excluding carboxylic acids is 3. The summed E-state index contributed by atoms with van der Waals surface area (Å²) in [6.07, 6.45) is 2.92. The number of nitrogens with one attached hydrogen (secondary N) is 4. The van der Waals surface area contributed by atoms with Crippen molar-refractivity contribution in [3.05, 3.63) is 94.8 Å². The fourth-order valence-corrected chi connectivity index (χ4v) is 4.04. The number of fused-ring (bicyclic) bond motifs is 1. The first-order valence-corrected chi connectivity index (χ1v) is 11.0. The molecule has 0 saturated heterocycles. The van der Waals surface area contributed by atoms with Gasteiger partial charge < -0.3 is 25.4 Å². The predicted molar refractivity (Wildman–Crippen MR) is 129 cm³/mol. The molecule has 4 heterocycles. The fraction of sp³-hybridized carbons (Fsp3) is 0. The maximum absolute atomic E-state index is 12.9. The van der Waals surface area contributed by atoms with Crippen molar-refractivity contribution in [2.24, 2.45) is 0 Å². The van der Waals surface area contributed by atoms with E-state index in [1.807, 2.05) is 0 Å². The van der Waals surface area contributed by atoms with Gasteiger partial charge in [0.25, 0.3) is 17.7 Å². The van der Waals surface area contributed by atoms with Crippen LogP contribution in [0.25, 0.3) is 10.9 Å². The molecule has 9 nitrogen and oxygen atoms in total. The molecule has 0 radical (unpaired) electrons. The Morgan fingerprint density at radius 1 is 0.853 bits per heavy atom. The monoisotopic (exact) mass is 471 g/mol. The minimum atomic E-state index is -0.472. The molecule has 168 valence electrons. The Morgan fingerprint density at radius 3 is 2.50 bits per heavy atom. The van der Waals surface area contributed by atoms with Crippen molar-refractivity contribution >= 4 is 57.2 Å². The Labute approximate surface area is 196 Å². The molecule has 1 aromatic carbocycles. The lowest BCUT2D eigenvalue weighted by molar-refractivity contribution is 0.0994.